The number of aliphatic hydroxyl groups is 2. The minimum atomic E-state index is -0.395. The fourth-order valence-corrected chi connectivity index (χ4v) is 9.06. The Kier molecular flexibility index (Phi) is 12.2. The Labute approximate surface area is 312 Å². The predicted octanol–water partition coefficient (Wildman–Crippen LogP) is 6.34. The largest absolute Gasteiger partial charge is 0.516 e. The van der Waals surface area contributed by atoms with Crippen LogP contribution in [0.1, 0.15) is 121 Å². The Morgan fingerprint density at radius 2 is 1.77 bits per heavy atom. The van der Waals surface area contributed by atoms with E-state index >= 15 is 0 Å². The molecule has 0 aromatic carbocycles. The number of aliphatic hydroxyl groups excluding tert-OH is 2. The molecule has 5 N–H and O–H groups in total. The van der Waals surface area contributed by atoms with Crippen LogP contribution in [0.3, 0.4) is 0 Å². The first-order valence-electron chi connectivity index (χ1n) is 18.9. The van der Waals surface area contributed by atoms with Gasteiger partial charge in [-0.25, -0.2) is 0 Å². The Balaban J connectivity index is 1.49. The number of nitrogens with zero attached hydrogens (tertiary/aromatic N) is 1. The van der Waals surface area contributed by atoms with Gasteiger partial charge in [0.2, 0.25) is 0 Å². The van der Waals surface area contributed by atoms with Crippen molar-refractivity contribution in [1.82, 2.24) is 15.3 Å². The minimum Gasteiger partial charge on any atom is -0.516 e. The highest BCUT2D eigenvalue weighted by Crippen LogP contribution is 2.49. The highest BCUT2D eigenvalue weighted by molar-refractivity contribution is 6.05. The average Bonchev–Trinajstić information content (AvgIpc) is 3.84. The lowest BCUT2D eigenvalue weighted by molar-refractivity contribution is -0.153. The van der Waals surface area contributed by atoms with Crippen LogP contribution in [0.25, 0.3) is 0 Å². The fraction of sp³-hybridized carbons (Fsp3) is 0.548. The second-order valence-electron chi connectivity index (χ2n) is 15.6. The van der Waals surface area contributed by atoms with E-state index in [0.717, 1.165) is 57.6 Å². The first-order chi connectivity index (χ1) is 25.2. The van der Waals surface area contributed by atoms with Gasteiger partial charge in [-0.15, -0.1) is 0 Å². The molecule has 1 aliphatic carbocycles. The molecule has 4 heterocycles. The molecule has 5 rings (SSSR count). The molecule has 2 aliphatic heterocycles. The number of ketones is 1. The summed E-state index contributed by atoms with van der Waals surface area (Å²) in [5, 5.41) is 22.2. The third kappa shape index (κ3) is 7.50. The number of esters is 1. The van der Waals surface area contributed by atoms with Crippen LogP contribution in [-0.2, 0) is 27.2 Å². The molecule has 2 aromatic rings. The third-order valence-corrected chi connectivity index (χ3v) is 12.2. The van der Waals surface area contributed by atoms with Gasteiger partial charge in [0.1, 0.15) is 6.10 Å². The van der Waals surface area contributed by atoms with Gasteiger partial charge in [0.25, 0.3) is 5.91 Å². The summed E-state index contributed by atoms with van der Waals surface area (Å²) in [5.74, 6) is -1.27. The van der Waals surface area contributed by atoms with Gasteiger partial charge in [-0.1, -0.05) is 47.3 Å². The first kappa shape index (κ1) is 39.7. The van der Waals surface area contributed by atoms with Gasteiger partial charge in [-0.2, -0.15) is 0 Å². The van der Waals surface area contributed by atoms with Crippen molar-refractivity contribution in [1.29, 1.82) is 0 Å². The summed E-state index contributed by atoms with van der Waals surface area (Å²) >= 11 is 0. The van der Waals surface area contributed by atoms with Crippen LogP contribution in [0.2, 0.25) is 0 Å². The molecule has 0 radical (unpaired) electrons. The Morgan fingerprint density at radius 3 is 2.38 bits per heavy atom. The normalized spacial score (nSPS) is 25.3. The van der Waals surface area contributed by atoms with Gasteiger partial charge >= 0.3 is 5.97 Å². The van der Waals surface area contributed by atoms with Crippen molar-refractivity contribution < 1.29 is 34.1 Å². The van der Waals surface area contributed by atoms with Crippen molar-refractivity contribution in [3.05, 3.63) is 81.2 Å². The number of aldehydes is 1. The molecule has 8 atom stereocenters. The topological polar surface area (TPSA) is 174 Å². The highest BCUT2D eigenvalue weighted by atomic mass is 16.5. The Hall–Kier alpha value is -4.51. The number of aromatic amines is 2. The molecule has 286 valence electrons. The van der Waals surface area contributed by atoms with Crippen LogP contribution < -0.4 is 5.32 Å². The molecule has 2 aromatic heterocycles. The number of aromatic nitrogens is 2. The van der Waals surface area contributed by atoms with E-state index in [1.807, 2.05) is 48.5 Å². The average molecular weight is 729 g/mol. The fourth-order valence-electron chi connectivity index (χ4n) is 9.06. The van der Waals surface area contributed by atoms with Gasteiger partial charge in [-0.3, -0.25) is 24.2 Å². The van der Waals surface area contributed by atoms with Crippen molar-refractivity contribution >= 4 is 29.7 Å². The van der Waals surface area contributed by atoms with E-state index in [2.05, 4.69) is 28.8 Å². The third-order valence-electron chi connectivity index (χ3n) is 12.2. The summed E-state index contributed by atoms with van der Waals surface area (Å²) in [6.45, 7) is 19.5. The Morgan fingerprint density at radius 1 is 1.06 bits per heavy atom. The maximum absolute atomic E-state index is 14.1. The molecule has 53 heavy (non-hydrogen) atoms. The van der Waals surface area contributed by atoms with E-state index in [1.54, 1.807) is 12.2 Å². The number of carbonyl (C=O) groups excluding carboxylic acids is 4. The van der Waals surface area contributed by atoms with Crippen molar-refractivity contribution in [2.45, 2.75) is 112 Å². The summed E-state index contributed by atoms with van der Waals surface area (Å²) in [5.41, 5.74) is 8.71. The van der Waals surface area contributed by atoms with E-state index in [1.165, 1.54) is 0 Å². The second-order valence-corrected chi connectivity index (χ2v) is 15.6. The van der Waals surface area contributed by atoms with E-state index in [4.69, 9.17) is 9.73 Å². The van der Waals surface area contributed by atoms with E-state index in [0.29, 0.717) is 42.5 Å². The molecule has 3 aliphatic rings. The smallest absolute Gasteiger partial charge is 0.306 e. The minimum absolute atomic E-state index is 0.0333. The van der Waals surface area contributed by atoms with Crippen LogP contribution in [0, 0.1) is 43.4 Å². The quantitative estimate of drug-likeness (QED) is 0.0762. The number of hydrogen-bond acceptors (Lipinski definition) is 8. The maximum atomic E-state index is 14.1. The van der Waals surface area contributed by atoms with Crippen LogP contribution in [0.4, 0.5) is 0 Å². The molecule has 0 fully saturated rings. The van der Waals surface area contributed by atoms with E-state index in [9.17, 15) is 29.4 Å². The van der Waals surface area contributed by atoms with Crippen LogP contribution in [0.15, 0.2) is 41.1 Å². The number of fused-ring (bicyclic) bond motifs is 1. The van der Waals surface area contributed by atoms with E-state index in [-0.39, 0.29) is 78.3 Å². The van der Waals surface area contributed by atoms with Crippen LogP contribution in [0.5, 0.6) is 0 Å². The second kappa shape index (κ2) is 16.2. The lowest BCUT2D eigenvalue weighted by Crippen LogP contribution is -2.33. The highest BCUT2D eigenvalue weighted by Gasteiger charge is 2.50. The zero-order valence-electron chi connectivity index (χ0n) is 32.3. The molecule has 11 nitrogen and oxygen atoms in total. The summed E-state index contributed by atoms with van der Waals surface area (Å²) in [7, 11) is 0. The number of nitrogens with one attached hydrogen (secondary N) is 3. The van der Waals surface area contributed by atoms with E-state index < -0.39 is 6.10 Å². The van der Waals surface area contributed by atoms with Gasteiger partial charge in [0.15, 0.2) is 12.1 Å². The number of rotatable bonds is 16. The summed E-state index contributed by atoms with van der Waals surface area (Å²) in [6.07, 6.45) is 6.61. The van der Waals surface area contributed by atoms with Gasteiger partial charge in [0.05, 0.1) is 24.0 Å². The van der Waals surface area contributed by atoms with Crippen molar-refractivity contribution in [2.75, 3.05) is 6.61 Å². The number of hydrogen-bond donors (Lipinski definition) is 5. The van der Waals surface area contributed by atoms with Crippen molar-refractivity contribution in [3.8, 4) is 0 Å². The monoisotopic (exact) mass is 728 g/mol. The number of H-pyrrole nitrogens is 2. The van der Waals surface area contributed by atoms with Gasteiger partial charge in [0, 0.05) is 77.6 Å². The molecule has 0 spiro atoms. The molecular weight excluding hydrogens is 672 g/mol. The summed E-state index contributed by atoms with van der Waals surface area (Å²) in [4.78, 5) is 64.2. The summed E-state index contributed by atoms with van der Waals surface area (Å²) < 4.78 is 5.98. The van der Waals surface area contributed by atoms with Crippen LogP contribution in [-0.4, -0.2) is 74.6 Å². The van der Waals surface area contributed by atoms with Gasteiger partial charge < -0.3 is 30.2 Å². The van der Waals surface area contributed by atoms with Crippen molar-refractivity contribution in [3.63, 3.8) is 0 Å². The number of amides is 1. The number of aliphatic imine (C=N–C) groups is 1. The van der Waals surface area contributed by atoms with Crippen molar-refractivity contribution in [2.24, 2.45) is 34.6 Å². The maximum Gasteiger partial charge on any atom is 0.306 e. The molecular formula is C42H56N4O7. The van der Waals surface area contributed by atoms with Crippen LogP contribution >= 0.6 is 0 Å². The molecule has 11 heteroatoms. The molecule has 0 saturated heterocycles. The number of carbonyl (C=O) groups is 4. The Bertz CT molecular complexity index is 1860. The SMILES string of the molecule is C=CC1=C(C)C(CC2=NC(C3c4[nH]c(Cc5[nH]c(C=O)c(C)c5CCO)c(C)c4C(=O)[C@@H]3C)[C@@H](CCC(=O)OC(C(C)C)C(C)/C=C\O)[C@@H]2C)NC1=O. The molecule has 5 unspecified atom stereocenters. The zero-order valence-corrected chi connectivity index (χ0v) is 32.3. The summed E-state index contributed by atoms with van der Waals surface area (Å²) in [6, 6.07) is -0.532. The van der Waals surface area contributed by atoms with Gasteiger partial charge in [-0.05, 0) is 79.7 Å². The zero-order chi connectivity index (χ0) is 38.9. The molecule has 0 saturated carbocycles. The lowest BCUT2D eigenvalue weighted by atomic mass is 9.75. The predicted molar refractivity (Wildman–Crippen MR) is 204 cm³/mol. The number of Topliss-reactive ketones (excluding diaryl/α,β-unsaturated/α-hetero) is 1. The first-order valence-corrected chi connectivity index (χ1v) is 18.9. The standard InChI is InChI=1S/C42H56N4O7/c1-10-27-22(5)31(46-42(27)52)17-30-24(7)29(11-12-35(50)53-41(20(2)3)21(4)13-15-47)38(44-30)36-26(9)40(51)37-25(8)32(45-39(36)37)18-33-28(14-16-48)23(6)34(19-49)43-33/h10,13,15,19-21,24,26,29,31,36,38,41,43,45,47-48H,1,11-12,14,16-18H2,2-9H3,(H,46,52)/b15-13-/t21?,24-,26+,29-,31?,36?,38?,41?/m0/s1. The lowest BCUT2D eigenvalue weighted by Gasteiger charge is -2.29. The molecule has 1 amide bonds. The number of ether oxygens (including phenoxy) is 1. The molecule has 0 bridgehead atoms.